The third-order valence-electron chi connectivity index (χ3n) is 5.57. The number of benzene rings is 2. The zero-order valence-corrected chi connectivity index (χ0v) is 18.2. The van der Waals surface area contributed by atoms with Crippen molar-refractivity contribution in [3.8, 4) is 0 Å². The molecule has 0 radical (unpaired) electrons. The number of halogens is 1. The minimum atomic E-state index is -0.359. The van der Waals surface area contributed by atoms with Gasteiger partial charge in [-0.05, 0) is 43.7 Å². The van der Waals surface area contributed by atoms with Crippen molar-refractivity contribution in [2.75, 3.05) is 5.32 Å². The molecule has 9 nitrogen and oxygen atoms in total. The number of nitrogens with zero attached hydrogens (tertiary/aromatic N) is 6. The summed E-state index contributed by atoms with van der Waals surface area (Å²) in [5.74, 6) is 1.06. The summed E-state index contributed by atoms with van der Waals surface area (Å²) in [6, 6.07) is 13.1. The zero-order valence-electron chi connectivity index (χ0n) is 18.2. The van der Waals surface area contributed by atoms with E-state index in [1.165, 1.54) is 23.6 Å². The number of nitrogens with one attached hydrogen (secondary N) is 1. The molecule has 0 aliphatic rings. The predicted molar refractivity (Wildman–Crippen MR) is 121 cm³/mol. The van der Waals surface area contributed by atoms with E-state index in [-0.39, 0.29) is 17.2 Å². The van der Waals surface area contributed by atoms with Gasteiger partial charge < -0.3 is 5.32 Å². The van der Waals surface area contributed by atoms with Gasteiger partial charge in [-0.15, -0.1) is 10.2 Å². The summed E-state index contributed by atoms with van der Waals surface area (Å²) in [7, 11) is 1.63. The molecule has 0 unspecified atom stereocenters. The van der Waals surface area contributed by atoms with Crippen molar-refractivity contribution in [3.63, 3.8) is 0 Å². The Balaban J connectivity index is 1.72. The van der Waals surface area contributed by atoms with Crippen LogP contribution in [-0.4, -0.2) is 34.7 Å². The van der Waals surface area contributed by atoms with Gasteiger partial charge in [0.15, 0.2) is 11.4 Å². The van der Waals surface area contributed by atoms with Gasteiger partial charge in [0.1, 0.15) is 22.8 Å². The van der Waals surface area contributed by atoms with Crippen LogP contribution in [-0.2, 0) is 13.6 Å². The number of aromatic nitrogens is 6. The summed E-state index contributed by atoms with van der Waals surface area (Å²) in [6.45, 7) is 3.64. The molecule has 3 aromatic heterocycles. The second-order valence-corrected chi connectivity index (χ2v) is 7.84. The smallest absolute Gasteiger partial charge is 0.268 e. The van der Waals surface area contributed by atoms with E-state index in [4.69, 9.17) is 5.10 Å². The van der Waals surface area contributed by atoms with Gasteiger partial charge >= 0.3 is 0 Å². The maximum Gasteiger partial charge on any atom is 0.268 e. The molecule has 0 atom stereocenters. The lowest BCUT2D eigenvalue weighted by Crippen LogP contribution is -2.20. The highest BCUT2D eigenvalue weighted by Crippen LogP contribution is 2.26. The molecule has 0 spiro atoms. The summed E-state index contributed by atoms with van der Waals surface area (Å²) >= 11 is 0. The van der Waals surface area contributed by atoms with Crippen LogP contribution < -0.4 is 10.9 Å². The van der Waals surface area contributed by atoms with Crippen LogP contribution in [0.25, 0.3) is 16.8 Å². The van der Waals surface area contributed by atoms with Crippen molar-refractivity contribution in [2.24, 2.45) is 7.05 Å². The quantitative estimate of drug-likeness (QED) is 0.417. The minimum absolute atomic E-state index is 0.0148. The van der Waals surface area contributed by atoms with Gasteiger partial charge in [0.05, 0.1) is 6.54 Å². The van der Waals surface area contributed by atoms with Gasteiger partial charge in [-0.25, -0.2) is 13.5 Å². The van der Waals surface area contributed by atoms with Gasteiger partial charge in [-0.1, -0.05) is 24.3 Å². The Hall–Kier alpha value is -4.34. The van der Waals surface area contributed by atoms with Crippen molar-refractivity contribution in [1.82, 2.24) is 28.9 Å². The summed E-state index contributed by atoms with van der Waals surface area (Å²) in [5.41, 5.74) is 2.25. The first-order valence-electron chi connectivity index (χ1n) is 10.3. The Bertz CT molecular complexity index is 1580. The average Bonchev–Trinajstić information content (AvgIpc) is 3.35. The molecule has 0 saturated carbocycles. The van der Waals surface area contributed by atoms with Crippen LogP contribution in [0.2, 0.25) is 0 Å². The lowest BCUT2D eigenvalue weighted by Gasteiger charge is -2.11. The summed E-state index contributed by atoms with van der Waals surface area (Å²) in [6.07, 6.45) is 0. The monoisotopic (exact) mass is 445 g/mol. The Morgan fingerprint density at radius 3 is 2.42 bits per heavy atom. The molecule has 0 saturated heterocycles. The first kappa shape index (κ1) is 20.6. The van der Waals surface area contributed by atoms with Gasteiger partial charge in [0.2, 0.25) is 5.78 Å². The number of Topliss-reactive ketones (excluding diaryl/α,β-unsaturated/α-hetero) is 1. The third-order valence-corrected chi connectivity index (χ3v) is 5.57. The first-order valence-corrected chi connectivity index (χ1v) is 10.3. The highest BCUT2D eigenvalue weighted by Gasteiger charge is 2.22. The highest BCUT2D eigenvalue weighted by molar-refractivity contribution is 5.94. The van der Waals surface area contributed by atoms with Gasteiger partial charge in [0, 0.05) is 18.3 Å². The molecular weight excluding hydrogens is 425 g/mol. The summed E-state index contributed by atoms with van der Waals surface area (Å²) in [5, 5.41) is 16.5. The molecule has 0 aliphatic heterocycles. The Labute approximate surface area is 187 Å². The summed E-state index contributed by atoms with van der Waals surface area (Å²) < 4.78 is 18.3. The minimum Gasteiger partial charge on any atom is -0.340 e. The molecule has 5 rings (SSSR count). The molecule has 10 heteroatoms. The number of anilines is 2. The molecule has 5 aromatic rings. The maximum atomic E-state index is 13.4. The molecule has 0 fully saturated rings. The van der Waals surface area contributed by atoms with Crippen molar-refractivity contribution in [1.29, 1.82) is 0 Å². The van der Waals surface area contributed by atoms with Crippen LogP contribution in [0, 0.1) is 12.7 Å². The molecule has 2 aromatic carbocycles. The SMILES string of the molecule is CC(=O)c1ccc(Cn2nc3c(c2Nc2ccc(F)cc2)c(=O)n(C)c2nnc(C)n32)cc1. The maximum absolute atomic E-state index is 13.4. The fourth-order valence-electron chi connectivity index (χ4n) is 3.81. The second-order valence-electron chi connectivity index (χ2n) is 7.84. The number of carbonyl (C=O) groups is 1. The van der Waals surface area contributed by atoms with Crippen LogP contribution in [0.3, 0.4) is 0 Å². The van der Waals surface area contributed by atoms with Crippen LogP contribution in [0.15, 0.2) is 53.3 Å². The van der Waals surface area contributed by atoms with Gasteiger partial charge in [0.25, 0.3) is 5.56 Å². The number of fused-ring (bicyclic) bond motifs is 3. The molecular formula is C23H20FN7O2. The van der Waals surface area contributed by atoms with E-state index in [1.54, 1.807) is 47.3 Å². The molecule has 0 bridgehead atoms. The van der Waals surface area contributed by atoms with E-state index in [0.29, 0.717) is 46.2 Å². The second kappa shape index (κ2) is 7.66. The van der Waals surface area contributed by atoms with Crippen LogP contribution >= 0.6 is 0 Å². The predicted octanol–water partition coefficient (Wildman–Crippen LogP) is 3.22. The van der Waals surface area contributed by atoms with Gasteiger partial charge in [-0.2, -0.15) is 5.10 Å². The number of hydrogen-bond donors (Lipinski definition) is 1. The number of carbonyl (C=O) groups excluding carboxylic acids is 1. The molecule has 0 amide bonds. The topological polar surface area (TPSA) is 99.1 Å². The van der Waals surface area contributed by atoms with E-state index >= 15 is 0 Å². The average molecular weight is 445 g/mol. The molecule has 3 heterocycles. The lowest BCUT2D eigenvalue weighted by molar-refractivity contribution is 0.101. The summed E-state index contributed by atoms with van der Waals surface area (Å²) in [4.78, 5) is 24.9. The fourth-order valence-corrected chi connectivity index (χ4v) is 3.81. The van der Waals surface area contributed by atoms with Gasteiger partial charge in [-0.3, -0.25) is 14.2 Å². The van der Waals surface area contributed by atoms with Crippen molar-refractivity contribution in [2.45, 2.75) is 20.4 Å². The standard InChI is InChI=1S/C23H20FN7O2/c1-13(32)16-6-4-15(5-7-16)12-30-20(25-18-10-8-17(24)9-11-18)19-21(28-30)31-14(2)26-27-23(31)29(3)22(19)33/h4-11,25H,12H2,1-3H3. The number of hydrogen-bond acceptors (Lipinski definition) is 6. The molecule has 0 aliphatic carbocycles. The Morgan fingerprint density at radius 1 is 1.06 bits per heavy atom. The van der Waals surface area contributed by atoms with Crippen LogP contribution in [0.4, 0.5) is 15.9 Å². The van der Waals surface area contributed by atoms with E-state index in [2.05, 4.69) is 15.5 Å². The number of ketones is 1. The van der Waals surface area contributed by atoms with E-state index in [1.807, 2.05) is 12.1 Å². The molecule has 166 valence electrons. The normalized spacial score (nSPS) is 11.4. The van der Waals surface area contributed by atoms with E-state index in [0.717, 1.165) is 5.56 Å². The van der Waals surface area contributed by atoms with Crippen LogP contribution in [0.5, 0.6) is 0 Å². The lowest BCUT2D eigenvalue weighted by atomic mass is 10.1. The first-order chi connectivity index (χ1) is 15.8. The van der Waals surface area contributed by atoms with Crippen molar-refractivity contribution < 1.29 is 9.18 Å². The number of rotatable bonds is 5. The largest absolute Gasteiger partial charge is 0.340 e. The van der Waals surface area contributed by atoms with E-state index < -0.39 is 0 Å². The molecule has 1 N–H and O–H groups in total. The molecule has 33 heavy (non-hydrogen) atoms. The zero-order chi connectivity index (χ0) is 23.3. The third kappa shape index (κ3) is 3.45. The fraction of sp³-hybridized carbons (Fsp3) is 0.174. The highest BCUT2D eigenvalue weighted by atomic mass is 19.1. The van der Waals surface area contributed by atoms with E-state index in [9.17, 15) is 14.0 Å². The Morgan fingerprint density at radius 2 is 1.76 bits per heavy atom. The van der Waals surface area contributed by atoms with Crippen molar-refractivity contribution in [3.05, 3.63) is 81.7 Å². The van der Waals surface area contributed by atoms with Crippen molar-refractivity contribution >= 4 is 34.1 Å². The van der Waals surface area contributed by atoms with Crippen LogP contribution in [0.1, 0.15) is 28.7 Å². The number of aryl methyl sites for hydroxylation is 2. The Kier molecular flexibility index (Phi) is 4.77.